The molecule has 0 fully saturated rings. The van der Waals surface area contributed by atoms with Gasteiger partial charge in [0.15, 0.2) is 0 Å². The normalized spacial score (nSPS) is 11.3. The Morgan fingerprint density at radius 3 is 2.68 bits per heavy atom. The highest BCUT2D eigenvalue weighted by Crippen LogP contribution is 2.24. The van der Waals surface area contributed by atoms with Crippen molar-refractivity contribution in [1.82, 2.24) is 15.0 Å². The molecular formula is C10H9FN4O3S. The Morgan fingerprint density at radius 1 is 1.32 bits per heavy atom. The molecule has 2 aromatic rings. The highest BCUT2D eigenvalue weighted by atomic mass is 32.2. The number of nitrogens with one attached hydrogen (secondary N) is 1. The molecule has 0 aliphatic rings. The van der Waals surface area contributed by atoms with Crippen molar-refractivity contribution in [2.24, 2.45) is 0 Å². The van der Waals surface area contributed by atoms with Gasteiger partial charge in [0.05, 0.1) is 5.69 Å². The second kappa shape index (κ2) is 4.86. The number of halogens is 1. The highest BCUT2D eigenvalue weighted by Gasteiger charge is 2.16. The molecule has 9 heteroatoms. The van der Waals surface area contributed by atoms with Gasteiger partial charge in [-0.25, -0.2) is 4.98 Å². The Labute approximate surface area is 108 Å². The van der Waals surface area contributed by atoms with Gasteiger partial charge < -0.3 is 5.32 Å². The molecule has 0 aliphatic carbocycles. The minimum atomic E-state index is -4.41. The summed E-state index contributed by atoms with van der Waals surface area (Å²) in [4.78, 5) is 9.80. The summed E-state index contributed by atoms with van der Waals surface area (Å²) >= 11 is 0. The zero-order valence-corrected chi connectivity index (χ0v) is 10.5. The molecule has 0 radical (unpaired) electrons. The summed E-state index contributed by atoms with van der Waals surface area (Å²) in [6.07, 6.45) is -0.0654. The molecular weight excluding hydrogens is 275 g/mol. The van der Waals surface area contributed by atoms with Crippen molar-refractivity contribution in [2.75, 3.05) is 5.32 Å². The Bertz CT molecular complexity index is 720. The van der Waals surface area contributed by atoms with E-state index in [4.69, 9.17) is 4.55 Å². The summed E-state index contributed by atoms with van der Waals surface area (Å²) in [5.41, 5.74) is 0.679. The average Bonchev–Trinajstić information content (AvgIpc) is 2.30. The minimum absolute atomic E-state index is 0.0405. The molecule has 19 heavy (non-hydrogen) atoms. The quantitative estimate of drug-likeness (QED) is 0.818. The summed E-state index contributed by atoms with van der Waals surface area (Å²) in [6, 6.07) is 4.31. The van der Waals surface area contributed by atoms with Crippen molar-refractivity contribution in [1.29, 1.82) is 0 Å². The van der Waals surface area contributed by atoms with Crippen molar-refractivity contribution >= 4 is 21.8 Å². The van der Waals surface area contributed by atoms with Crippen LogP contribution in [0.25, 0.3) is 0 Å². The molecule has 2 N–H and O–H groups in total. The smallest absolute Gasteiger partial charge is 0.313 e. The Kier molecular flexibility index (Phi) is 3.40. The van der Waals surface area contributed by atoms with E-state index in [9.17, 15) is 12.8 Å². The van der Waals surface area contributed by atoms with Crippen molar-refractivity contribution in [3.8, 4) is 0 Å². The molecule has 1 aromatic carbocycles. The van der Waals surface area contributed by atoms with Gasteiger partial charge in [-0.2, -0.15) is 22.8 Å². The van der Waals surface area contributed by atoms with E-state index in [0.29, 0.717) is 5.56 Å². The van der Waals surface area contributed by atoms with Crippen LogP contribution in [0.4, 0.5) is 16.0 Å². The maximum atomic E-state index is 12.8. The molecule has 7 nitrogen and oxygen atoms in total. The number of aryl methyl sites for hydroxylation is 1. The lowest BCUT2D eigenvalue weighted by Gasteiger charge is -2.09. The summed E-state index contributed by atoms with van der Waals surface area (Å²) in [5, 5.41) is 2.51. The number of hydrogen-bond acceptors (Lipinski definition) is 6. The fourth-order valence-corrected chi connectivity index (χ4v) is 2.14. The average molecular weight is 284 g/mol. The van der Waals surface area contributed by atoms with E-state index in [-0.39, 0.29) is 16.5 Å². The van der Waals surface area contributed by atoms with Gasteiger partial charge in [0, 0.05) is 0 Å². The largest absolute Gasteiger partial charge is 0.323 e. The second-order valence-electron chi connectivity index (χ2n) is 3.68. The van der Waals surface area contributed by atoms with Gasteiger partial charge in [-0.15, -0.1) is 0 Å². The van der Waals surface area contributed by atoms with E-state index in [1.807, 2.05) is 0 Å². The van der Waals surface area contributed by atoms with Crippen molar-refractivity contribution in [3.05, 3.63) is 36.2 Å². The fourth-order valence-electron chi connectivity index (χ4n) is 1.40. The van der Waals surface area contributed by atoms with Crippen LogP contribution >= 0.6 is 0 Å². The van der Waals surface area contributed by atoms with Gasteiger partial charge in [-0.05, 0) is 24.6 Å². The van der Waals surface area contributed by atoms with Gasteiger partial charge in [0.1, 0.15) is 11.2 Å². The van der Waals surface area contributed by atoms with E-state index < -0.39 is 16.2 Å². The number of rotatable bonds is 3. The molecule has 100 valence electrons. The van der Waals surface area contributed by atoms with Crippen LogP contribution in [0.2, 0.25) is 0 Å². The Hall–Kier alpha value is -2.13. The molecule has 0 saturated heterocycles. The van der Waals surface area contributed by atoms with Crippen LogP contribution in [0.1, 0.15) is 5.56 Å². The lowest BCUT2D eigenvalue weighted by atomic mass is 10.2. The molecule has 2 rings (SSSR count). The van der Waals surface area contributed by atoms with Crippen molar-refractivity contribution in [2.45, 2.75) is 11.8 Å². The maximum Gasteiger partial charge on any atom is 0.313 e. The third kappa shape index (κ3) is 3.20. The van der Waals surface area contributed by atoms with E-state index in [1.54, 1.807) is 13.0 Å². The molecule has 0 unspecified atom stereocenters. The fraction of sp³-hybridized carbons (Fsp3) is 0.100. The molecule has 0 bridgehead atoms. The standard InChI is InChI=1S/C10H9FN4O3S/c1-6-2-3-7(8(4-6)19(16,17)18)14-10-13-5-12-9(11)15-10/h2-5H,1H3,(H,16,17,18)(H,12,13,14,15). The van der Waals surface area contributed by atoms with Gasteiger partial charge in [0.25, 0.3) is 10.1 Å². The van der Waals surface area contributed by atoms with Crippen molar-refractivity contribution in [3.63, 3.8) is 0 Å². The maximum absolute atomic E-state index is 12.8. The van der Waals surface area contributed by atoms with Crippen LogP contribution in [0, 0.1) is 13.0 Å². The predicted octanol–water partition coefficient (Wildman–Crippen LogP) is 1.31. The van der Waals surface area contributed by atoms with Crippen LogP contribution in [0.3, 0.4) is 0 Å². The first kappa shape index (κ1) is 13.3. The number of anilines is 2. The SMILES string of the molecule is Cc1ccc(Nc2ncnc(F)n2)c(S(=O)(=O)O)c1. The van der Waals surface area contributed by atoms with Crippen LogP contribution in [-0.4, -0.2) is 27.9 Å². The zero-order valence-electron chi connectivity index (χ0n) is 9.70. The molecule has 1 heterocycles. The van der Waals surface area contributed by atoms with Gasteiger partial charge in [-0.1, -0.05) is 6.07 Å². The zero-order chi connectivity index (χ0) is 14.0. The third-order valence-electron chi connectivity index (χ3n) is 2.20. The topological polar surface area (TPSA) is 105 Å². The monoisotopic (exact) mass is 284 g/mol. The number of aromatic nitrogens is 3. The van der Waals surface area contributed by atoms with Gasteiger partial charge in [-0.3, -0.25) is 4.55 Å². The van der Waals surface area contributed by atoms with Gasteiger partial charge in [0.2, 0.25) is 5.95 Å². The van der Waals surface area contributed by atoms with Crippen LogP contribution < -0.4 is 5.32 Å². The van der Waals surface area contributed by atoms with E-state index >= 15 is 0 Å². The Balaban J connectivity index is 2.46. The van der Waals surface area contributed by atoms with Crippen LogP contribution in [-0.2, 0) is 10.1 Å². The second-order valence-corrected chi connectivity index (χ2v) is 5.07. The summed E-state index contributed by atoms with van der Waals surface area (Å²) in [6.45, 7) is 1.67. The lowest BCUT2D eigenvalue weighted by molar-refractivity contribution is 0.483. The first-order valence-electron chi connectivity index (χ1n) is 5.06. The lowest BCUT2D eigenvalue weighted by Crippen LogP contribution is -2.06. The van der Waals surface area contributed by atoms with Gasteiger partial charge >= 0.3 is 6.08 Å². The van der Waals surface area contributed by atoms with Crippen LogP contribution in [0.15, 0.2) is 29.4 Å². The first-order chi connectivity index (χ1) is 8.86. The van der Waals surface area contributed by atoms with Crippen LogP contribution in [0.5, 0.6) is 0 Å². The molecule has 0 saturated carbocycles. The molecule has 0 aliphatic heterocycles. The predicted molar refractivity (Wildman–Crippen MR) is 64.1 cm³/mol. The minimum Gasteiger partial charge on any atom is -0.323 e. The molecule has 0 atom stereocenters. The molecule has 1 aromatic heterocycles. The van der Waals surface area contributed by atoms with E-state index in [0.717, 1.165) is 6.33 Å². The first-order valence-corrected chi connectivity index (χ1v) is 6.50. The number of nitrogens with zero attached hydrogens (tertiary/aromatic N) is 3. The summed E-state index contributed by atoms with van der Waals surface area (Å²) in [5.74, 6) is -0.166. The molecule has 0 spiro atoms. The number of hydrogen-bond donors (Lipinski definition) is 2. The number of benzene rings is 1. The molecule has 0 amide bonds. The summed E-state index contributed by atoms with van der Waals surface area (Å²) < 4.78 is 44.4. The van der Waals surface area contributed by atoms with E-state index in [2.05, 4.69) is 20.3 Å². The van der Waals surface area contributed by atoms with Crippen molar-refractivity contribution < 1.29 is 17.4 Å². The highest BCUT2D eigenvalue weighted by molar-refractivity contribution is 7.86. The van der Waals surface area contributed by atoms with E-state index in [1.165, 1.54) is 12.1 Å². The Morgan fingerprint density at radius 2 is 2.05 bits per heavy atom. The third-order valence-corrected chi connectivity index (χ3v) is 3.10. The summed E-state index contributed by atoms with van der Waals surface area (Å²) in [7, 11) is -4.41.